The van der Waals surface area contributed by atoms with Gasteiger partial charge in [0.2, 0.25) is 0 Å². The summed E-state index contributed by atoms with van der Waals surface area (Å²) in [5, 5.41) is 2.90. The molecule has 3 aromatic rings. The molecule has 3 aromatic carbocycles. The molecule has 0 bridgehead atoms. The summed E-state index contributed by atoms with van der Waals surface area (Å²) in [6.45, 7) is 0.457. The van der Waals surface area contributed by atoms with Crippen LogP contribution in [0.5, 0.6) is 5.75 Å². The summed E-state index contributed by atoms with van der Waals surface area (Å²) >= 11 is 0. The van der Waals surface area contributed by atoms with Gasteiger partial charge in [-0.2, -0.15) is 0 Å². The SMILES string of the molecule is O=C(Nc1ccccc1OCc1ccccc1)c1ccccc1. The van der Waals surface area contributed by atoms with Crippen LogP contribution in [-0.4, -0.2) is 5.91 Å². The first-order valence-electron chi connectivity index (χ1n) is 7.45. The summed E-state index contributed by atoms with van der Waals surface area (Å²) in [6, 6.07) is 26.5. The van der Waals surface area contributed by atoms with E-state index in [0.717, 1.165) is 5.56 Å². The van der Waals surface area contributed by atoms with Crippen LogP contribution in [0.15, 0.2) is 84.9 Å². The molecule has 0 saturated carbocycles. The molecule has 0 unspecified atom stereocenters. The third-order valence-corrected chi connectivity index (χ3v) is 3.41. The number of ether oxygens (including phenoxy) is 1. The molecule has 3 nitrogen and oxygen atoms in total. The van der Waals surface area contributed by atoms with Crippen LogP contribution in [0.25, 0.3) is 0 Å². The molecule has 0 aromatic heterocycles. The van der Waals surface area contributed by atoms with Gasteiger partial charge in [-0.25, -0.2) is 0 Å². The number of nitrogens with one attached hydrogen (secondary N) is 1. The van der Waals surface area contributed by atoms with Crippen molar-refractivity contribution in [3.8, 4) is 5.75 Å². The molecule has 114 valence electrons. The van der Waals surface area contributed by atoms with Gasteiger partial charge in [-0.05, 0) is 29.8 Å². The molecule has 0 fully saturated rings. The Kier molecular flexibility index (Phi) is 4.69. The lowest BCUT2D eigenvalue weighted by molar-refractivity contribution is 0.102. The molecule has 1 amide bonds. The molecule has 23 heavy (non-hydrogen) atoms. The Bertz CT molecular complexity index is 770. The molecule has 0 heterocycles. The molecule has 0 aliphatic carbocycles. The minimum atomic E-state index is -0.152. The van der Waals surface area contributed by atoms with Crippen molar-refractivity contribution in [2.24, 2.45) is 0 Å². The molecule has 1 N–H and O–H groups in total. The van der Waals surface area contributed by atoms with Crippen LogP contribution in [0, 0.1) is 0 Å². The molecular formula is C20H17NO2. The van der Waals surface area contributed by atoms with E-state index in [1.54, 1.807) is 12.1 Å². The second kappa shape index (κ2) is 7.27. The summed E-state index contributed by atoms with van der Waals surface area (Å²) in [4.78, 5) is 12.3. The van der Waals surface area contributed by atoms with E-state index in [1.807, 2.05) is 72.8 Å². The van der Waals surface area contributed by atoms with Gasteiger partial charge in [0.15, 0.2) is 0 Å². The fraction of sp³-hybridized carbons (Fsp3) is 0.0500. The van der Waals surface area contributed by atoms with Crippen molar-refractivity contribution in [2.45, 2.75) is 6.61 Å². The second-order valence-electron chi connectivity index (χ2n) is 5.09. The molecule has 0 spiro atoms. The Morgan fingerprint density at radius 2 is 1.39 bits per heavy atom. The zero-order valence-corrected chi connectivity index (χ0v) is 12.6. The third kappa shape index (κ3) is 3.98. The van der Waals surface area contributed by atoms with Gasteiger partial charge in [-0.15, -0.1) is 0 Å². The van der Waals surface area contributed by atoms with E-state index in [4.69, 9.17) is 4.74 Å². The number of hydrogen-bond donors (Lipinski definition) is 1. The average molecular weight is 303 g/mol. The smallest absolute Gasteiger partial charge is 0.255 e. The Hall–Kier alpha value is -3.07. The maximum Gasteiger partial charge on any atom is 0.255 e. The van der Waals surface area contributed by atoms with Crippen LogP contribution in [0.2, 0.25) is 0 Å². The quantitative estimate of drug-likeness (QED) is 0.752. The van der Waals surface area contributed by atoms with Crippen LogP contribution in [0.1, 0.15) is 15.9 Å². The molecule has 0 atom stereocenters. The summed E-state index contributed by atoms with van der Waals surface area (Å²) < 4.78 is 5.85. The van der Waals surface area contributed by atoms with Crippen LogP contribution in [0.3, 0.4) is 0 Å². The highest BCUT2D eigenvalue weighted by Crippen LogP contribution is 2.25. The number of benzene rings is 3. The summed E-state index contributed by atoms with van der Waals surface area (Å²) in [5.74, 6) is 0.502. The normalized spacial score (nSPS) is 10.1. The lowest BCUT2D eigenvalue weighted by Gasteiger charge is -2.12. The van der Waals surface area contributed by atoms with Crippen LogP contribution in [-0.2, 0) is 6.61 Å². The zero-order valence-electron chi connectivity index (χ0n) is 12.6. The van der Waals surface area contributed by atoms with Crippen molar-refractivity contribution in [1.29, 1.82) is 0 Å². The molecule has 3 heteroatoms. The minimum Gasteiger partial charge on any atom is -0.487 e. The van der Waals surface area contributed by atoms with Crippen LogP contribution < -0.4 is 10.1 Å². The van der Waals surface area contributed by atoms with Crippen molar-refractivity contribution in [1.82, 2.24) is 0 Å². The van der Waals surface area contributed by atoms with E-state index in [-0.39, 0.29) is 5.91 Å². The zero-order chi connectivity index (χ0) is 15.9. The van der Waals surface area contributed by atoms with Crippen molar-refractivity contribution in [3.63, 3.8) is 0 Å². The first kappa shape index (κ1) is 14.9. The van der Waals surface area contributed by atoms with Crippen molar-refractivity contribution in [2.75, 3.05) is 5.32 Å². The van der Waals surface area contributed by atoms with Gasteiger partial charge < -0.3 is 10.1 Å². The van der Waals surface area contributed by atoms with Crippen LogP contribution in [0.4, 0.5) is 5.69 Å². The molecule has 0 aliphatic heterocycles. The van der Waals surface area contributed by atoms with Gasteiger partial charge in [-0.1, -0.05) is 60.7 Å². The van der Waals surface area contributed by atoms with Crippen LogP contribution >= 0.6 is 0 Å². The van der Waals surface area contributed by atoms with E-state index in [1.165, 1.54) is 0 Å². The van der Waals surface area contributed by atoms with Gasteiger partial charge in [0, 0.05) is 5.56 Å². The summed E-state index contributed by atoms with van der Waals surface area (Å²) in [5.41, 5.74) is 2.36. The Labute approximate surface area is 135 Å². The van der Waals surface area contributed by atoms with E-state index < -0.39 is 0 Å². The van der Waals surface area contributed by atoms with Crippen molar-refractivity contribution < 1.29 is 9.53 Å². The van der Waals surface area contributed by atoms with E-state index >= 15 is 0 Å². The van der Waals surface area contributed by atoms with Gasteiger partial charge in [0.25, 0.3) is 5.91 Å². The lowest BCUT2D eigenvalue weighted by atomic mass is 10.2. The van der Waals surface area contributed by atoms with Crippen molar-refractivity contribution >= 4 is 11.6 Å². The molecule has 0 saturated heterocycles. The number of rotatable bonds is 5. The average Bonchev–Trinajstić information content (AvgIpc) is 2.62. The topological polar surface area (TPSA) is 38.3 Å². The number of amides is 1. The monoisotopic (exact) mass is 303 g/mol. The van der Waals surface area contributed by atoms with Gasteiger partial charge in [0.05, 0.1) is 5.69 Å². The number of hydrogen-bond acceptors (Lipinski definition) is 2. The fourth-order valence-corrected chi connectivity index (χ4v) is 2.22. The minimum absolute atomic E-state index is 0.152. The lowest BCUT2D eigenvalue weighted by Crippen LogP contribution is -2.12. The van der Waals surface area contributed by atoms with Gasteiger partial charge in [0.1, 0.15) is 12.4 Å². The Balaban J connectivity index is 1.72. The molecule has 3 rings (SSSR count). The summed E-state index contributed by atoms with van der Waals surface area (Å²) in [6.07, 6.45) is 0. The standard InChI is InChI=1S/C20H17NO2/c22-20(17-11-5-2-6-12-17)21-18-13-7-8-14-19(18)23-15-16-9-3-1-4-10-16/h1-14H,15H2,(H,21,22). The molecular weight excluding hydrogens is 286 g/mol. The second-order valence-corrected chi connectivity index (χ2v) is 5.09. The fourth-order valence-electron chi connectivity index (χ4n) is 2.22. The predicted molar refractivity (Wildman–Crippen MR) is 91.6 cm³/mol. The Morgan fingerprint density at radius 3 is 2.13 bits per heavy atom. The Morgan fingerprint density at radius 1 is 0.783 bits per heavy atom. The van der Waals surface area contributed by atoms with E-state index in [9.17, 15) is 4.79 Å². The van der Waals surface area contributed by atoms with Gasteiger partial charge >= 0.3 is 0 Å². The molecule has 0 radical (unpaired) electrons. The third-order valence-electron chi connectivity index (χ3n) is 3.41. The highest BCUT2D eigenvalue weighted by Gasteiger charge is 2.09. The number of para-hydroxylation sites is 2. The first-order chi connectivity index (χ1) is 11.3. The van der Waals surface area contributed by atoms with Crippen molar-refractivity contribution in [3.05, 3.63) is 96.1 Å². The highest BCUT2D eigenvalue weighted by atomic mass is 16.5. The van der Waals surface area contributed by atoms with Gasteiger partial charge in [-0.3, -0.25) is 4.79 Å². The van der Waals surface area contributed by atoms with E-state index in [0.29, 0.717) is 23.6 Å². The first-order valence-corrected chi connectivity index (χ1v) is 7.45. The predicted octanol–water partition coefficient (Wildman–Crippen LogP) is 4.52. The summed E-state index contributed by atoms with van der Waals surface area (Å²) in [7, 11) is 0. The highest BCUT2D eigenvalue weighted by molar-refractivity contribution is 6.04. The maximum atomic E-state index is 12.3. The number of carbonyl (C=O) groups excluding carboxylic acids is 1. The molecule has 0 aliphatic rings. The number of carbonyl (C=O) groups is 1. The maximum absolute atomic E-state index is 12.3. The van der Waals surface area contributed by atoms with E-state index in [2.05, 4.69) is 5.32 Å². The number of anilines is 1. The largest absolute Gasteiger partial charge is 0.487 e.